The molecule has 0 heterocycles. The molecule has 3 N–H and O–H groups in total. The van der Waals surface area contributed by atoms with E-state index in [9.17, 15) is 18.0 Å². The van der Waals surface area contributed by atoms with E-state index in [-0.39, 0.29) is 24.8 Å². The maximum absolute atomic E-state index is 12.4. The van der Waals surface area contributed by atoms with E-state index in [0.29, 0.717) is 32.2 Å². The smallest absolute Gasteiger partial charge is 0.370 e. The van der Waals surface area contributed by atoms with Gasteiger partial charge in [-0.2, -0.15) is 13.2 Å². The highest BCUT2D eigenvalue weighted by Crippen LogP contribution is 2.37. The van der Waals surface area contributed by atoms with E-state index in [4.69, 9.17) is 5.73 Å². The molecule has 0 aliphatic heterocycles. The van der Waals surface area contributed by atoms with Crippen LogP contribution in [0.15, 0.2) is 0 Å². The van der Waals surface area contributed by atoms with Crippen molar-refractivity contribution in [2.45, 2.75) is 50.7 Å². The highest BCUT2D eigenvalue weighted by atomic mass is 19.4. The number of alkyl halides is 3. The highest BCUT2D eigenvalue weighted by Gasteiger charge is 2.41. The molecule has 1 saturated carbocycles. The Morgan fingerprint density at radius 2 is 1.82 bits per heavy atom. The SMILES string of the molecule is NC(=O)CCCNC1CCC(C(F)(F)F)CC1. The van der Waals surface area contributed by atoms with Gasteiger partial charge >= 0.3 is 6.18 Å². The number of hydrogen-bond acceptors (Lipinski definition) is 2. The first-order valence-corrected chi connectivity index (χ1v) is 5.98. The number of rotatable bonds is 5. The Balaban J connectivity index is 2.13. The fourth-order valence-corrected chi connectivity index (χ4v) is 2.19. The third-order valence-electron chi connectivity index (χ3n) is 3.22. The Labute approximate surface area is 98.9 Å². The molecule has 1 fully saturated rings. The van der Waals surface area contributed by atoms with Crippen molar-refractivity contribution in [2.24, 2.45) is 11.7 Å². The maximum Gasteiger partial charge on any atom is 0.391 e. The zero-order chi connectivity index (χ0) is 12.9. The van der Waals surface area contributed by atoms with Crippen molar-refractivity contribution < 1.29 is 18.0 Å². The molecule has 1 aliphatic carbocycles. The predicted molar refractivity (Wildman–Crippen MR) is 58.2 cm³/mol. The summed E-state index contributed by atoms with van der Waals surface area (Å²) in [6.07, 6.45) is -1.55. The molecule has 0 bridgehead atoms. The van der Waals surface area contributed by atoms with Crippen molar-refractivity contribution in [2.75, 3.05) is 6.54 Å². The van der Waals surface area contributed by atoms with Crippen LogP contribution in [0.2, 0.25) is 0 Å². The van der Waals surface area contributed by atoms with Gasteiger partial charge in [0.1, 0.15) is 0 Å². The van der Waals surface area contributed by atoms with E-state index >= 15 is 0 Å². The average Bonchev–Trinajstić information content (AvgIpc) is 2.23. The second kappa shape index (κ2) is 6.23. The molecule has 0 aromatic rings. The number of primary amides is 1. The molecule has 3 nitrogen and oxygen atoms in total. The van der Waals surface area contributed by atoms with Crippen molar-refractivity contribution in [1.82, 2.24) is 5.32 Å². The lowest BCUT2D eigenvalue weighted by Gasteiger charge is -2.30. The van der Waals surface area contributed by atoms with Gasteiger partial charge in [0, 0.05) is 12.5 Å². The van der Waals surface area contributed by atoms with E-state index in [1.54, 1.807) is 0 Å². The molecule has 0 aromatic carbocycles. The van der Waals surface area contributed by atoms with Crippen molar-refractivity contribution in [3.63, 3.8) is 0 Å². The molecular formula is C11H19F3N2O. The molecule has 17 heavy (non-hydrogen) atoms. The lowest BCUT2D eigenvalue weighted by Crippen LogP contribution is -2.37. The molecule has 1 amide bonds. The highest BCUT2D eigenvalue weighted by molar-refractivity contribution is 5.73. The van der Waals surface area contributed by atoms with Crippen LogP contribution in [0.5, 0.6) is 0 Å². The van der Waals surface area contributed by atoms with Crippen LogP contribution in [0.3, 0.4) is 0 Å². The van der Waals surface area contributed by atoms with Crippen molar-refractivity contribution in [3.05, 3.63) is 0 Å². The Morgan fingerprint density at radius 3 is 2.29 bits per heavy atom. The third kappa shape index (κ3) is 5.39. The van der Waals surface area contributed by atoms with E-state index < -0.39 is 12.1 Å². The summed E-state index contributed by atoms with van der Waals surface area (Å²) in [5.74, 6) is -1.47. The Hall–Kier alpha value is -0.780. The molecule has 0 atom stereocenters. The maximum atomic E-state index is 12.4. The van der Waals surface area contributed by atoms with Gasteiger partial charge in [0.25, 0.3) is 0 Å². The molecule has 1 aliphatic rings. The zero-order valence-corrected chi connectivity index (χ0v) is 9.72. The monoisotopic (exact) mass is 252 g/mol. The number of carbonyl (C=O) groups excluding carboxylic acids is 1. The molecule has 0 unspecified atom stereocenters. The van der Waals surface area contributed by atoms with E-state index in [1.165, 1.54) is 0 Å². The van der Waals surface area contributed by atoms with Crippen molar-refractivity contribution in [3.8, 4) is 0 Å². The average molecular weight is 252 g/mol. The quantitative estimate of drug-likeness (QED) is 0.735. The van der Waals surface area contributed by atoms with E-state index in [2.05, 4.69) is 5.32 Å². The fourth-order valence-electron chi connectivity index (χ4n) is 2.19. The van der Waals surface area contributed by atoms with Crippen LogP contribution in [0, 0.1) is 5.92 Å². The van der Waals surface area contributed by atoms with Gasteiger partial charge in [-0.25, -0.2) is 0 Å². The standard InChI is InChI=1S/C11H19F3N2O/c12-11(13,14)8-3-5-9(6-4-8)16-7-1-2-10(15)17/h8-9,16H,1-7H2,(H2,15,17). The van der Waals surface area contributed by atoms with Crippen LogP contribution >= 0.6 is 0 Å². The van der Waals surface area contributed by atoms with Crippen molar-refractivity contribution in [1.29, 1.82) is 0 Å². The first kappa shape index (κ1) is 14.3. The normalized spacial score (nSPS) is 25.8. The molecule has 100 valence electrons. The summed E-state index contributed by atoms with van der Waals surface area (Å²) >= 11 is 0. The van der Waals surface area contributed by atoms with Gasteiger partial charge in [-0.1, -0.05) is 0 Å². The largest absolute Gasteiger partial charge is 0.391 e. The third-order valence-corrected chi connectivity index (χ3v) is 3.22. The summed E-state index contributed by atoms with van der Waals surface area (Å²) in [5, 5.41) is 3.17. The van der Waals surface area contributed by atoms with Crippen LogP contribution in [-0.2, 0) is 4.79 Å². The first-order chi connectivity index (χ1) is 7.89. The molecule has 1 rings (SSSR count). The summed E-state index contributed by atoms with van der Waals surface area (Å²) in [6, 6.07) is 0.154. The minimum absolute atomic E-state index is 0.154. The summed E-state index contributed by atoms with van der Waals surface area (Å²) in [5.41, 5.74) is 4.99. The van der Waals surface area contributed by atoms with Gasteiger partial charge in [0.05, 0.1) is 5.92 Å². The Kier molecular flexibility index (Phi) is 5.24. The number of halogens is 3. The van der Waals surface area contributed by atoms with E-state index in [1.807, 2.05) is 0 Å². The van der Waals surface area contributed by atoms with Gasteiger partial charge < -0.3 is 11.1 Å². The molecule has 0 saturated heterocycles. The minimum atomic E-state index is -4.04. The second-order valence-electron chi connectivity index (χ2n) is 4.61. The van der Waals surface area contributed by atoms with Crippen LogP contribution < -0.4 is 11.1 Å². The van der Waals surface area contributed by atoms with Gasteiger partial charge in [0.15, 0.2) is 0 Å². The fraction of sp³-hybridized carbons (Fsp3) is 0.909. The topological polar surface area (TPSA) is 55.1 Å². The number of carbonyl (C=O) groups is 1. The lowest BCUT2D eigenvalue weighted by atomic mass is 9.85. The molecule has 0 radical (unpaired) electrons. The number of hydrogen-bond donors (Lipinski definition) is 2. The molecular weight excluding hydrogens is 233 g/mol. The Bertz CT molecular complexity index is 248. The number of nitrogens with two attached hydrogens (primary N) is 1. The second-order valence-corrected chi connectivity index (χ2v) is 4.61. The minimum Gasteiger partial charge on any atom is -0.370 e. The summed E-state index contributed by atoms with van der Waals surface area (Å²) < 4.78 is 37.2. The van der Waals surface area contributed by atoms with E-state index in [0.717, 1.165) is 0 Å². The van der Waals surface area contributed by atoms with Gasteiger partial charge in [-0.3, -0.25) is 4.79 Å². The zero-order valence-electron chi connectivity index (χ0n) is 9.72. The first-order valence-electron chi connectivity index (χ1n) is 5.98. The molecule has 0 aromatic heterocycles. The van der Waals surface area contributed by atoms with Gasteiger partial charge in [0.2, 0.25) is 5.91 Å². The van der Waals surface area contributed by atoms with Crippen molar-refractivity contribution >= 4 is 5.91 Å². The number of nitrogens with one attached hydrogen (secondary N) is 1. The predicted octanol–water partition coefficient (Wildman–Crippen LogP) is 1.96. The molecule has 0 spiro atoms. The summed E-state index contributed by atoms with van der Waals surface area (Å²) in [4.78, 5) is 10.5. The van der Waals surface area contributed by atoms with Crippen LogP contribution in [0.4, 0.5) is 13.2 Å². The Morgan fingerprint density at radius 1 is 1.24 bits per heavy atom. The summed E-state index contributed by atoms with van der Waals surface area (Å²) in [6.45, 7) is 0.643. The van der Waals surface area contributed by atoms with Crippen LogP contribution in [-0.4, -0.2) is 24.7 Å². The van der Waals surface area contributed by atoms with Crippen LogP contribution in [0.1, 0.15) is 38.5 Å². The van der Waals surface area contributed by atoms with Gasteiger partial charge in [-0.05, 0) is 38.6 Å². The number of amides is 1. The lowest BCUT2D eigenvalue weighted by molar-refractivity contribution is -0.182. The summed E-state index contributed by atoms with van der Waals surface area (Å²) in [7, 11) is 0. The molecule has 6 heteroatoms. The van der Waals surface area contributed by atoms with Crippen LogP contribution in [0.25, 0.3) is 0 Å². The van der Waals surface area contributed by atoms with Gasteiger partial charge in [-0.15, -0.1) is 0 Å².